The quantitative estimate of drug-likeness (QED) is 0.424. The van der Waals surface area contributed by atoms with E-state index in [1.165, 1.54) is 25.7 Å². The van der Waals surface area contributed by atoms with Crippen LogP contribution >= 0.6 is 0 Å². The molecular weight excluding hydrogens is 408 g/mol. The Bertz CT molecular complexity index is 832. The first-order valence-corrected chi connectivity index (χ1v) is 14.0. The molecule has 0 heterocycles. The summed E-state index contributed by atoms with van der Waals surface area (Å²) in [5.41, 5.74) is 1.89. The number of aliphatic hydroxyl groups excluding tert-OH is 3. The maximum Gasteiger partial charge on any atom is 0.0852 e. The van der Waals surface area contributed by atoms with E-state index >= 15 is 0 Å². The zero-order valence-electron chi connectivity index (χ0n) is 22.3. The highest BCUT2D eigenvalue weighted by atomic mass is 16.3. The number of fused-ring (bicyclic) bond motifs is 7. The van der Waals surface area contributed by atoms with Crippen molar-refractivity contribution >= 4 is 0 Å². The second-order valence-electron chi connectivity index (χ2n) is 14.7. The largest absolute Gasteiger partial charge is 0.396 e. The summed E-state index contributed by atoms with van der Waals surface area (Å²) in [4.78, 5) is 0. The van der Waals surface area contributed by atoms with Gasteiger partial charge in [-0.25, -0.2) is 0 Å². The Hall–Kier alpha value is -0.380. The van der Waals surface area contributed by atoms with E-state index in [-0.39, 0.29) is 27.1 Å². The second-order valence-corrected chi connectivity index (χ2v) is 14.7. The summed E-state index contributed by atoms with van der Waals surface area (Å²) in [7, 11) is 0. The fourth-order valence-corrected chi connectivity index (χ4v) is 11.0. The molecule has 5 aliphatic rings. The van der Waals surface area contributed by atoms with Crippen LogP contribution in [0.1, 0.15) is 99.8 Å². The summed E-state index contributed by atoms with van der Waals surface area (Å²) >= 11 is 0. The molecule has 188 valence electrons. The van der Waals surface area contributed by atoms with Gasteiger partial charge in [0.2, 0.25) is 0 Å². The van der Waals surface area contributed by atoms with E-state index in [1.807, 2.05) is 0 Å². The van der Waals surface area contributed by atoms with E-state index in [9.17, 15) is 15.3 Å². The van der Waals surface area contributed by atoms with Crippen LogP contribution < -0.4 is 0 Å². The van der Waals surface area contributed by atoms with Crippen molar-refractivity contribution in [1.82, 2.24) is 0 Å². The number of aliphatic hydroxyl groups is 3. The van der Waals surface area contributed by atoms with Gasteiger partial charge in [-0.2, -0.15) is 0 Å². The molecule has 0 radical (unpaired) electrons. The van der Waals surface area contributed by atoms with Crippen LogP contribution in [0.5, 0.6) is 0 Å². The zero-order chi connectivity index (χ0) is 24.2. The third kappa shape index (κ3) is 2.85. The SMILES string of the molecule is C[C@H]1[C@H](C)CC[C@]2(CO)CC[C@]3(C)C(=CC[C@@H]4[C@@]5(C)C[C@@H](O)[C@H](O)C(C)(C)[C@@H]5CC[C@]43C)[C@H]12. The van der Waals surface area contributed by atoms with E-state index in [0.717, 1.165) is 25.7 Å². The average molecular weight is 459 g/mol. The molecule has 3 N–H and O–H groups in total. The molecule has 3 heteroatoms. The molecule has 0 amide bonds. The highest BCUT2D eigenvalue weighted by Crippen LogP contribution is 2.75. The minimum Gasteiger partial charge on any atom is -0.396 e. The molecule has 0 bridgehead atoms. The minimum atomic E-state index is -0.630. The first kappa shape index (κ1) is 24.3. The summed E-state index contributed by atoms with van der Waals surface area (Å²) in [6, 6.07) is 0. The molecule has 4 fully saturated rings. The minimum absolute atomic E-state index is 0.0389. The van der Waals surface area contributed by atoms with Gasteiger partial charge in [0.1, 0.15) is 0 Å². The van der Waals surface area contributed by atoms with E-state index in [2.05, 4.69) is 54.5 Å². The summed E-state index contributed by atoms with van der Waals surface area (Å²) < 4.78 is 0. The van der Waals surface area contributed by atoms with Crippen LogP contribution in [-0.4, -0.2) is 34.1 Å². The van der Waals surface area contributed by atoms with E-state index in [1.54, 1.807) is 5.57 Å². The number of hydrogen-bond donors (Lipinski definition) is 3. The van der Waals surface area contributed by atoms with Gasteiger partial charge in [0.15, 0.2) is 0 Å². The molecule has 0 spiro atoms. The third-order valence-corrected chi connectivity index (χ3v) is 13.4. The molecule has 0 aliphatic heterocycles. The van der Waals surface area contributed by atoms with Crippen molar-refractivity contribution in [2.45, 2.75) is 112 Å². The fraction of sp³-hybridized carbons (Fsp3) is 0.933. The Morgan fingerprint density at radius 2 is 1.61 bits per heavy atom. The van der Waals surface area contributed by atoms with Crippen molar-refractivity contribution in [1.29, 1.82) is 0 Å². The Labute approximate surface area is 202 Å². The first-order valence-electron chi connectivity index (χ1n) is 14.0. The lowest BCUT2D eigenvalue weighted by atomic mass is 9.33. The number of hydrogen-bond acceptors (Lipinski definition) is 3. The van der Waals surface area contributed by atoms with E-state index in [0.29, 0.717) is 36.2 Å². The lowest BCUT2D eigenvalue weighted by Gasteiger charge is -2.72. The maximum absolute atomic E-state index is 11.0. The molecule has 5 rings (SSSR count). The van der Waals surface area contributed by atoms with Gasteiger partial charge in [0.25, 0.3) is 0 Å². The van der Waals surface area contributed by atoms with Gasteiger partial charge in [-0.3, -0.25) is 0 Å². The third-order valence-electron chi connectivity index (χ3n) is 13.4. The molecule has 0 aromatic heterocycles. The highest BCUT2D eigenvalue weighted by Gasteiger charge is 2.69. The van der Waals surface area contributed by atoms with Crippen molar-refractivity contribution < 1.29 is 15.3 Å². The molecule has 0 aromatic carbocycles. The molecule has 33 heavy (non-hydrogen) atoms. The van der Waals surface area contributed by atoms with Gasteiger partial charge in [0.05, 0.1) is 12.2 Å². The lowest BCUT2D eigenvalue weighted by Crippen LogP contribution is -2.67. The smallest absolute Gasteiger partial charge is 0.0852 e. The topological polar surface area (TPSA) is 60.7 Å². The van der Waals surface area contributed by atoms with Crippen LogP contribution in [0, 0.1) is 56.7 Å². The van der Waals surface area contributed by atoms with Gasteiger partial charge in [-0.15, -0.1) is 0 Å². The van der Waals surface area contributed by atoms with E-state index < -0.39 is 12.2 Å². The predicted octanol–water partition coefficient (Wildman–Crippen LogP) is 5.97. The van der Waals surface area contributed by atoms with Crippen LogP contribution in [-0.2, 0) is 0 Å². The van der Waals surface area contributed by atoms with Crippen molar-refractivity contribution in [2.75, 3.05) is 6.61 Å². The molecule has 5 aliphatic carbocycles. The first-order chi connectivity index (χ1) is 15.3. The lowest BCUT2D eigenvalue weighted by molar-refractivity contribution is -0.232. The molecule has 0 saturated heterocycles. The van der Waals surface area contributed by atoms with Gasteiger partial charge < -0.3 is 15.3 Å². The molecule has 0 unspecified atom stereocenters. The van der Waals surface area contributed by atoms with Crippen LogP contribution in [0.4, 0.5) is 0 Å². The van der Waals surface area contributed by atoms with Gasteiger partial charge in [-0.05, 0) is 103 Å². The van der Waals surface area contributed by atoms with Crippen molar-refractivity contribution in [3.8, 4) is 0 Å². The van der Waals surface area contributed by atoms with E-state index in [4.69, 9.17) is 0 Å². The summed E-state index contributed by atoms with van der Waals surface area (Å²) in [6.07, 6.45) is 10.3. The molecule has 0 aromatic rings. The fourth-order valence-electron chi connectivity index (χ4n) is 11.0. The van der Waals surface area contributed by atoms with Crippen LogP contribution in [0.3, 0.4) is 0 Å². The zero-order valence-corrected chi connectivity index (χ0v) is 22.3. The summed E-state index contributed by atoms with van der Waals surface area (Å²) in [5, 5.41) is 32.6. The van der Waals surface area contributed by atoms with Gasteiger partial charge in [-0.1, -0.05) is 60.1 Å². The Balaban J connectivity index is 1.60. The number of allylic oxidation sites excluding steroid dienone is 2. The second kappa shape index (κ2) is 7.32. The summed E-state index contributed by atoms with van der Waals surface area (Å²) in [6.45, 7) is 17.2. The van der Waals surface area contributed by atoms with Crippen molar-refractivity contribution in [3.05, 3.63) is 11.6 Å². The Morgan fingerprint density at radius 1 is 0.909 bits per heavy atom. The van der Waals surface area contributed by atoms with Crippen LogP contribution in [0.2, 0.25) is 0 Å². The predicted molar refractivity (Wildman–Crippen MR) is 133 cm³/mol. The molecular formula is C30H50O3. The normalized spacial score (nSPS) is 57.8. The highest BCUT2D eigenvalue weighted by molar-refractivity contribution is 5.34. The van der Waals surface area contributed by atoms with Gasteiger partial charge in [0, 0.05) is 12.0 Å². The monoisotopic (exact) mass is 458 g/mol. The van der Waals surface area contributed by atoms with Gasteiger partial charge >= 0.3 is 0 Å². The Morgan fingerprint density at radius 3 is 2.27 bits per heavy atom. The Kier molecular flexibility index (Phi) is 5.40. The molecule has 3 nitrogen and oxygen atoms in total. The standard InChI is InChI=1S/C30H50O3/c1-18-10-13-30(17-31)15-14-28(6)20(24(30)19(18)2)8-9-23-27(5)16-21(32)25(33)26(3,4)22(27)11-12-29(23,28)7/h8,18-19,21-25,31-33H,9-17H2,1-7H3/t18-,19+,21-,22+,23-,24+,25+,27+,28-,29-,30-/m1/s1. The summed E-state index contributed by atoms with van der Waals surface area (Å²) in [5.74, 6) is 2.80. The maximum atomic E-state index is 11.0. The average Bonchev–Trinajstić information content (AvgIpc) is 2.75. The van der Waals surface area contributed by atoms with Crippen molar-refractivity contribution in [3.63, 3.8) is 0 Å². The number of rotatable bonds is 1. The molecule has 4 saturated carbocycles. The van der Waals surface area contributed by atoms with Crippen molar-refractivity contribution in [2.24, 2.45) is 56.7 Å². The van der Waals surface area contributed by atoms with Crippen LogP contribution in [0.15, 0.2) is 11.6 Å². The molecule has 11 atom stereocenters. The van der Waals surface area contributed by atoms with Crippen LogP contribution in [0.25, 0.3) is 0 Å².